The molecule has 0 saturated carbocycles. The molecule has 0 aliphatic carbocycles. The molecule has 25 heavy (non-hydrogen) atoms. The molecular weight excluding hydrogens is 347 g/mol. The van der Waals surface area contributed by atoms with Gasteiger partial charge in [-0.3, -0.25) is 0 Å². The van der Waals surface area contributed by atoms with Crippen molar-refractivity contribution in [2.24, 2.45) is 0 Å². The minimum absolute atomic E-state index is 0.0244. The molecular formula is C16H13F5N2O2. The van der Waals surface area contributed by atoms with Gasteiger partial charge in [0.2, 0.25) is 0 Å². The summed E-state index contributed by atoms with van der Waals surface area (Å²) in [6.07, 6.45) is -4.92. The number of nitrogens with one attached hydrogen (secondary N) is 2. The average molecular weight is 360 g/mol. The van der Waals surface area contributed by atoms with Gasteiger partial charge in [0.15, 0.2) is 5.75 Å². The predicted octanol–water partition coefficient (Wildman–Crippen LogP) is 4.75. The fourth-order valence-corrected chi connectivity index (χ4v) is 2.07. The van der Waals surface area contributed by atoms with E-state index in [1.165, 1.54) is 25.1 Å². The van der Waals surface area contributed by atoms with Crippen molar-refractivity contribution in [2.75, 3.05) is 5.32 Å². The van der Waals surface area contributed by atoms with Gasteiger partial charge in [0, 0.05) is 11.6 Å². The number of amides is 2. The number of hydrogen-bond donors (Lipinski definition) is 2. The largest absolute Gasteiger partial charge is 0.573 e. The molecule has 2 rings (SSSR count). The predicted molar refractivity (Wildman–Crippen MR) is 80.1 cm³/mol. The second kappa shape index (κ2) is 7.37. The van der Waals surface area contributed by atoms with Crippen LogP contribution in [0.3, 0.4) is 0 Å². The van der Waals surface area contributed by atoms with Crippen molar-refractivity contribution in [2.45, 2.75) is 19.3 Å². The first kappa shape index (κ1) is 18.5. The Labute approximate surface area is 139 Å². The number of anilines is 1. The summed E-state index contributed by atoms with van der Waals surface area (Å²) in [6, 6.07) is 6.08. The molecule has 0 fully saturated rings. The molecule has 0 heterocycles. The standard InChI is InChI=1S/C16H13F5N2O2/c1-9(11-7-6-10(17)8-12(11)18)22-15(24)23-13-4-2-3-5-14(13)25-16(19,20)21/h2-9H,1H3,(H2,22,23,24). The van der Waals surface area contributed by atoms with Crippen LogP contribution in [-0.4, -0.2) is 12.4 Å². The zero-order chi connectivity index (χ0) is 18.6. The molecule has 0 spiro atoms. The molecule has 4 nitrogen and oxygen atoms in total. The van der Waals surface area contributed by atoms with Gasteiger partial charge in [0.25, 0.3) is 0 Å². The van der Waals surface area contributed by atoms with Crippen molar-refractivity contribution in [3.8, 4) is 5.75 Å². The molecule has 134 valence electrons. The number of carbonyl (C=O) groups is 1. The van der Waals surface area contributed by atoms with Crippen LogP contribution >= 0.6 is 0 Å². The number of rotatable bonds is 4. The summed E-state index contributed by atoms with van der Waals surface area (Å²) in [5.74, 6) is -2.21. The number of alkyl halides is 3. The molecule has 0 bridgehead atoms. The average Bonchev–Trinajstić information content (AvgIpc) is 2.47. The Morgan fingerprint density at radius 3 is 2.44 bits per heavy atom. The van der Waals surface area contributed by atoms with Crippen LogP contribution in [0.25, 0.3) is 0 Å². The van der Waals surface area contributed by atoms with Crippen LogP contribution in [0.1, 0.15) is 18.5 Å². The van der Waals surface area contributed by atoms with Gasteiger partial charge >= 0.3 is 12.4 Å². The van der Waals surface area contributed by atoms with Gasteiger partial charge in [-0.25, -0.2) is 13.6 Å². The summed E-state index contributed by atoms with van der Waals surface area (Å²) < 4.78 is 67.4. The van der Waals surface area contributed by atoms with Gasteiger partial charge in [-0.1, -0.05) is 18.2 Å². The molecule has 0 aliphatic rings. The van der Waals surface area contributed by atoms with E-state index in [9.17, 15) is 26.7 Å². The lowest BCUT2D eigenvalue weighted by molar-refractivity contribution is -0.274. The molecule has 0 saturated heterocycles. The van der Waals surface area contributed by atoms with Gasteiger partial charge in [-0.15, -0.1) is 13.2 Å². The van der Waals surface area contributed by atoms with E-state index in [-0.39, 0.29) is 11.3 Å². The van der Waals surface area contributed by atoms with E-state index in [1.54, 1.807) is 0 Å². The molecule has 1 unspecified atom stereocenters. The highest BCUT2D eigenvalue weighted by atomic mass is 19.4. The summed E-state index contributed by atoms with van der Waals surface area (Å²) in [5, 5.41) is 4.54. The Kier molecular flexibility index (Phi) is 5.45. The number of carbonyl (C=O) groups excluding carboxylic acids is 1. The van der Waals surface area contributed by atoms with Gasteiger partial charge in [-0.05, 0) is 25.1 Å². The van der Waals surface area contributed by atoms with Crippen molar-refractivity contribution in [3.05, 3.63) is 59.7 Å². The van der Waals surface area contributed by atoms with E-state index in [1.807, 2.05) is 0 Å². The lowest BCUT2D eigenvalue weighted by atomic mass is 10.1. The second-order valence-corrected chi connectivity index (χ2v) is 5.03. The van der Waals surface area contributed by atoms with Crippen molar-refractivity contribution >= 4 is 11.7 Å². The summed E-state index contributed by atoms with van der Waals surface area (Å²) >= 11 is 0. The van der Waals surface area contributed by atoms with Crippen LogP contribution in [0, 0.1) is 11.6 Å². The Morgan fingerprint density at radius 1 is 1.12 bits per heavy atom. The molecule has 9 heteroatoms. The minimum atomic E-state index is -4.92. The molecule has 2 N–H and O–H groups in total. The Hall–Kier alpha value is -2.84. The number of hydrogen-bond acceptors (Lipinski definition) is 2. The monoisotopic (exact) mass is 360 g/mol. The Bertz CT molecular complexity index is 764. The van der Waals surface area contributed by atoms with Gasteiger partial charge in [0.05, 0.1) is 11.7 Å². The summed E-state index contributed by atoms with van der Waals surface area (Å²) in [6.45, 7) is 1.44. The maximum absolute atomic E-state index is 13.7. The molecule has 0 aromatic heterocycles. The third-order valence-corrected chi connectivity index (χ3v) is 3.14. The van der Waals surface area contributed by atoms with E-state index in [0.29, 0.717) is 6.07 Å². The maximum atomic E-state index is 13.7. The first-order valence-electron chi connectivity index (χ1n) is 7.03. The summed E-state index contributed by atoms with van der Waals surface area (Å²) in [7, 11) is 0. The van der Waals surface area contributed by atoms with Crippen LogP contribution in [0.2, 0.25) is 0 Å². The number of para-hydroxylation sites is 2. The van der Waals surface area contributed by atoms with Gasteiger partial charge in [-0.2, -0.15) is 0 Å². The van der Waals surface area contributed by atoms with Gasteiger partial charge < -0.3 is 15.4 Å². The normalized spacial score (nSPS) is 12.4. The minimum Gasteiger partial charge on any atom is -0.404 e. The first-order chi connectivity index (χ1) is 11.7. The van der Waals surface area contributed by atoms with E-state index < -0.39 is 35.8 Å². The van der Waals surface area contributed by atoms with Crippen LogP contribution in [0.15, 0.2) is 42.5 Å². The van der Waals surface area contributed by atoms with E-state index in [2.05, 4.69) is 15.4 Å². The second-order valence-electron chi connectivity index (χ2n) is 5.03. The molecule has 2 aromatic carbocycles. The Morgan fingerprint density at radius 2 is 1.80 bits per heavy atom. The fraction of sp³-hybridized carbons (Fsp3) is 0.188. The first-order valence-corrected chi connectivity index (χ1v) is 7.03. The highest BCUT2D eigenvalue weighted by Gasteiger charge is 2.32. The zero-order valence-corrected chi connectivity index (χ0v) is 12.8. The fourth-order valence-electron chi connectivity index (χ4n) is 2.07. The maximum Gasteiger partial charge on any atom is 0.573 e. The summed E-state index contributed by atoms with van der Waals surface area (Å²) in [4.78, 5) is 11.9. The van der Waals surface area contributed by atoms with Crippen LogP contribution < -0.4 is 15.4 Å². The van der Waals surface area contributed by atoms with Crippen molar-refractivity contribution in [3.63, 3.8) is 0 Å². The molecule has 2 amide bonds. The van der Waals surface area contributed by atoms with Gasteiger partial charge in [0.1, 0.15) is 11.6 Å². The van der Waals surface area contributed by atoms with Crippen molar-refractivity contribution in [1.82, 2.24) is 5.32 Å². The Balaban J connectivity index is 2.08. The third-order valence-electron chi connectivity index (χ3n) is 3.14. The zero-order valence-electron chi connectivity index (χ0n) is 12.8. The number of benzene rings is 2. The SMILES string of the molecule is CC(NC(=O)Nc1ccccc1OC(F)(F)F)c1ccc(F)cc1F. The van der Waals surface area contributed by atoms with E-state index in [0.717, 1.165) is 18.2 Å². The third kappa shape index (κ3) is 5.33. The van der Waals surface area contributed by atoms with Crippen LogP contribution in [-0.2, 0) is 0 Å². The number of halogens is 5. The molecule has 0 radical (unpaired) electrons. The van der Waals surface area contributed by atoms with Crippen molar-refractivity contribution in [1.29, 1.82) is 0 Å². The highest BCUT2D eigenvalue weighted by Crippen LogP contribution is 2.30. The highest BCUT2D eigenvalue weighted by molar-refractivity contribution is 5.91. The number of ether oxygens (including phenoxy) is 1. The summed E-state index contributed by atoms with van der Waals surface area (Å²) in [5.41, 5.74) is -0.194. The van der Waals surface area contributed by atoms with Crippen molar-refractivity contribution < 1.29 is 31.5 Å². The van der Waals surface area contributed by atoms with E-state index >= 15 is 0 Å². The lowest BCUT2D eigenvalue weighted by Crippen LogP contribution is -2.32. The smallest absolute Gasteiger partial charge is 0.404 e. The lowest BCUT2D eigenvalue weighted by Gasteiger charge is -2.17. The quantitative estimate of drug-likeness (QED) is 0.774. The number of urea groups is 1. The molecule has 1 atom stereocenters. The molecule has 2 aromatic rings. The van der Waals surface area contributed by atoms with Crippen LogP contribution in [0.5, 0.6) is 5.75 Å². The molecule has 0 aliphatic heterocycles. The topological polar surface area (TPSA) is 50.4 Å². The van der Waals surface area contributed by atoms with E-state index in [4.69, 9.17) is 0 Å². The van der Waals surface area contributed by atoms with Crippen LogP contribution in [0.4, 0.5) is 32.4 Å².